The number of hydrogen-bond acceptors (Lipinski definition) is 8. The van der Waals surface area contributed by atoms with Crippen LogP contribution in [-0.4, -0.2) is 78.7 Å². The highest BCUT2D eigenvalue weighted by Crippen LogP contribution is 2.37. The maximum Gasteiger partial charge on any atom is 0.406 e. The largest absolute Gasteiger partial charge is 0.494 e. The van der Waals surface area contributed by atoms with Gasteiger partial charge in [0, 0.05) is 43.2 Å². The summed E-state index contributed by atoms with van der Waals surface area (Å²) in [6.07, 6.45) is -2.90. The summed E-state index contributed by atoms with van der Waals surface area (Å²) in [5.74, 6) is 6.16. The van der Waals surface area contributed by atoms with E-state index in [0.717, 1.165) is 10.8 Å². The lowest BCUT2D eigenvalue weighted by Crippen LogP contribution is -2.43. The summed E-state index contributed by atoms with van der Waals surface area (Å²) in [6, 6.07) is 9.44. The van der Waals surface area contributed by atoms with Gasteiger partial charge in [-0.25, -0.2) is 8.42 Å². The number of rotatable bonds is 9. The lowest BCUT2D eigenvalue weighted by molar-refractivity contribution is -0.140. The van der Waals surface area contributed by atoms with Crippen molar-refractivity contribution in [1.82, 2.24) is 4.57 Å². The Bertz CT molecular complexity index is 1530. The third-order valence-corrected chi connectivity index (χ3v) is 7.80. The topological polar surface area (TPSA) is 100 Å². The lowest BCUT2D eigenvalue weighted by Gasteiger charge is -2.32. The van der Waals surface area contributed by atoms with Gasteiger partial charge in [-0.1, -0.05) is 12.0 Å². The molecule has 2 N–H and O–H groups in total. The van der Waals surface area contributed by atoms with Crippen molar-refractivity contribution in [3.63, 3.8) is 0 Å². The van der Waals surface area contributed by atoms with Crippen LogP contribution in [0.25, 0.3) is 10.9 Å². The molecular weight excluding hydrogens is 563 g/mol. The molecule has 0 spiro atoms. The second-order valence-electron chi connectivity index (χ2n) is 9.49. The number of methoxy groups -OCH3 is 3. The lowest BCUT2D eigenvalue weighted by atomic mass is 10.0. The maximum atomic E-state index is 13.6. The zero-order valence-corrected chi connectivity index (χ0v) is 23.9. The van der Waals surface area contributed by atoms with Crippen LogP contribution in [0.3, 0.4) is 0 Å². The van der Waals surface area contributed by atoms with E-state index in [-0.39, 0.29) is 40.8 Å². The van der Waals surface area contributed by atoms with E-state index in [1.807, 2.05) is 6.07 Å². The second kappa shape index (κ2) is 12.5. The number of nitrogens with one attached hydrogen (secondary N) is 2. The van der Waals surface area contributed by atoms with Crippen LogP contribution in [-0.2, 0) is 25.9 Å². The fourth-order valence-corrected chi connectivity index (χ4v) is 5.36. The first-order chi connectivity index (χ1) is 19.4. The van der Waals surface area contributed by atoms with Gasteiger partial charge in [-0.15, -0.1) is 0 Å². The molecule has 1 aromatic heterocycles. The molecule has 1 saturated heterocycles. The number of benzene rings is 2. The van der Waals surface area contributed by atoms with Gasteiger partial charge in [0.05, 0.1) is 49.5 Å². The summed E-state index contributed by atoms with van der Waals surface area (Å²) in [6.45, 7) is -0.209. The third kappa shape index (κ3) is 7.19. The molecule has 0 aliphatic carbocycles. The Balaban J connectivity index is 1.65. The highest BCUT2D eigenvalue weighted by molar-refractivity contribution is 7.90. The zero-order chi connectivity index (χ0) is 29.8. The SMILES string of the molecule is COc1cc(S(C)(=O)=O)cc(OC)c1NCC#Cc1cc2c(N[C@H]3CCOC[C@@H]3OC)cccc2n1CC(F)(F)F. The van der Waals surface area contributed by atoms with Crippen molar-refractivity contribution in [2.45, 2.75) is 36.2 Å². The quantitative estimate of drug-likeness (QED) is 0.354. The first kappa shape index (κ1) is 30.4. The fourth-order valence-electron chi connectivity index (χ4n) is 4.72. The number of ether oxygens (including phenoxy) is 4. The van der Waals surface area contributed by atoms with Crippen LogP contribution in [0.15, 0.2) is 41.3 Å². The van der Waals surface area contributed by atoms with Crippen molar-refractivity contribution >= 4 is 32.1 Å². The highest BCUT2D eigenvalue weighted by atomic mass is 32.2. The van der Waals surface area contributed by atoms with Crippen molar-refractivity contribution in [2.24, 2.45) is 0 Å². The van der Waals surface area contributed by atoms with E-state index < -0.39 is 22.6 Å². The minimum atomic E-state index is -4.46. The van der Waals surface area contributed by atoms with Gasteiger partial charge in [-0.3, -0.25) is 0 Å². The van der Waals surface area contributed by atoms with E-state index >= 15 is 0 Å². The van der Waals surface area contributed by atoms with E-state index in [0.29, 0.717) is 41.9 Å². The van der Waals surface area contributed by atoms with Gasteiger partial charge >= 0.3 is 6.18 Å². The Hall–Kier alpha value is -3.60. The van der Waals surface area contributed by atoms with Crippen molar-refractivity contribution in [1.29, 1.82) is 0 Å². The molecule has 4 rings (SSSR count). The number of fused-ring (bicyclic) bond motifs is 1. The van der Waals surface area contributed by atoms with E-state index in [1.165, 1.54) is 26.4 Å². The average Bonchev–Trinajstić information content (AvgIpc) is 3.27. The second-order valence-corrected chi connectivity index (χ2v) is 11.5. The minimum Gasteiger partial charge on any atom is -0.494 e. The van der Waals surface area contributed by atoms with Crippen LogP contribution in [0.2, 0.25) is 0 Å². The molecule has 1 fully saturated rings. The van der Waals surface area contributed by atoms with Crippen LogP contribution in [0.4, 0.5) is 24.5 Å². The Labute approximate surface area is 236 Å². The molecule has 0 saturated carbocycles. The average molecular weight is 596 g/mol. The number of anilines is 2. The van der Waals surface area contributed by atoms with Gasteiger partial charge < -0.3 is 34.1 Å². The van der Waals surface area contributed by atoms with E-state index in [9.17, 15) is 21.6 Å². The Morgan fingerprint density at radius 2 is 1.83 bits per heavy atom. The van der Waals surface area contributed by atoms with Crippen molar-refractivity contribution < 1.29 is 40.5 Å². The zero-order valence-electron chi connectivity index (χ0n) is 23.1. The van der Waals surface area contributed by atoms with Gasteiger partial charge in [0.1, 0.15) is 29.8 Å². The van der Waals surface area contributed by atoms with Crippen LogP contribution < -0.4 is 20.1 Å². The van der Waals surface area contributed by atoms with Gasteiger partial charge in [-0.2, -0.15) is 13.2 Å². The van der Waals surface area contributed by atoms with Gasteiger partial charge in [0.15, 0.2) is 9.84 Å². The smallest absolute Gasteiger partial charge is 0.406 e. The number of halogens is 3. The monoisotopic (exact) mass is 595 g/mol. The fraction of sp³-hybridized carbons (Fsp3) is 0.429. The predicted octanol–water partition coefficient (Wildman–Crippen LogP) is 4.30. The van der Waals surface area contributed by atoms with Crippen LogP contribution in [0.1, 0.15) is 12.1 Å². The van der Waals surface area contributed by atoms with Crippen molar-refractivity contribution in [3.8, 4) is 23.3 Å². The third-order valence-electron chi connectivity index (χ3n) is 6.71. The molecule has 13 heteroatoms. The van der Waals surface area contributed by atoms with Crippen LogP contribution >= 0.6 is 0 Å². The molecule has 0 radical (unpaired) electrons. The molecule has 3 aromatic rings. The van der Waals surface area contributed by atoms with Crippen LogP contribution in [0, 0.1) is 11.8 Å². The molecule has 0 unspecified atom stereocenters. The molecule has 0 bridgehead atoms. The summed E-state index contributed by atoms with van der Waals surface area (Å²) < 4.78 is 87.6. The van der Waals surface area contributed by atoms with Crippen molar-refractivity contribution in [3.05, 3.63) is 42.1 Å². The summed E-state index contributed by atoms with van der Waals surface area (Å²) in [7, 11) is 0.839. The number of hydrogen-bond donors (Lipinski definition) is 2. The van der Waals surface area contributed by atoms with E-state index in [1.54, 1.807) is 25.3 Å². The standard InChI is InChI=1S/C28H32F3N3O6S/c1-37-24-14-19(41(4,35)36)15-25(38-2)27(24)32-11-6-7-18-13-20-21(33-22-10-12-40-16-26(22)39-3)8-5-9-23(20)34(18)17-28(29,30)31/h5,8-9,13-15,22,26,32-33H,10-12,16-17H2,1-4H3/t22-,26-/m0/s1. The molecule has 41 heavy (non-hydrogen) atoms. The first-order valence-corrected chi connectivity index (χ1v) is 14.6. The molecule has 222 valence electrons. The molecule has 0 amide bonds. The van der Waals surface area contributed by atoms with E-state index in [2.05, 4.69) is 22.5 Å². The normalized spacial score (nSPS) is 17.5. The summed E-state index contributed by atoms with van der Waals surface area (Å²) in [5, 5.41) is 7.06. The summed E-state index contributed by atoms with van der Waals surface area (Å²) in [5.41, 5.74) is 1.63. The number of aromatic nitrogens is 1. The summed E-state index contributed by atoms with van der Waals surface area (Å²) >= 11 is 0. The van der Waals surface area contributed by atoms with Gasteiger partial charge in [-0.05, 0) is 30.5 Å². The molecule has 1 aliphatic rings. The molecule has 1 aliphatic heterocycles. The number of nitrogens with zero attached hydrogens (tertiary/aromatic N) is 1. The predicted molar refractivity (Wildman–Crippen MR) is 150 cm³/mol. The molecule has 2 aromatic carbocycles. The molecule has 2 heterocycles. The van der Waals surface area contributed by atoms with Gasteiger partial charge in [0.25, 0.3) is 0 Å². The molecule has 9 nitrogen and oxygen atoms in total. The Morgan fingerprint density at radius 1 is 1.12 bits per heavy atom. The number of alkyl halides is 3. The van der Waals surface area contributed by atoms with Gasteiger partial charge in [0.2, 0.25) is 0 Å². The first-order valence-electron chi connectivity index (χ1n) is 12.7. The maximum absolute atomic E-state index is 13.6. The molecular formula is C28H32F3N3O6S. The van der Waals surface area contributed by atoms with Crippen LogP contribution in [0.5, 0.6) is 11.5 Å². The highest BCUT2D eigenvalue weighted by Gasteiger charge is 2.31. The molecule has 2 atom stereocenters. The Morgan fingerprint density at radius 3 is 2.44 bits per heavy atom. The number of sulfone groups is 1. The summed E-state index contributed by atoms with van der Waals surface area (Å²) in [4.78, 5) is 0.0153. The van der Waals surface area contributed by atoms with Crippen molar-refractivity contribution in [2.75, 3.05) is 58.0 Å². The van der Waals surface area contributed by atoms with E-state index in [4.69, 9.17) is 18.9 Å². The minimum absolute atomic E-state index is 0.0151. The Kier molecular flexibility index (Phi) is 9.26.